The number of urea groups is 1. The Balaban J connectivity index is 1.60. The summed E-state index contributed by atoms with van der Waals surface area (Å²) in [7, 11) is 2.14. The number of carbonyl (C=O) groups is 2. The van der Waals surface area contributed by atoms with Crippen molar-refractivity contribution in [1.29, 1.82) is 0 Å². The first-order chi connectivity index (χ1) is 15.3. The molecule has 0 radical (unpaired) electrons. The number of carbonyl (C=O) groups excluding carboxylic acids is 2. The lowest BCUT2D eigenvalue weighted by molar-refractivity contribution is 0.0988. The SMILES string of the molecule is CC(C)NC(=O)N(CCN1CCN(C)CC1)Cc1ccc(C(=O)Cc2cscc2N)nc1. The second-order valence-electron chi connectivity index (χ2n) is 8.67. The summed E-state index contributed by atoms with van der Waals surface area (Å²) in [6.07, 6.45) is 1.94. The third-order valence-electron chi connectivity index (χ3n) is 5.59. The summed E-state index contributed by atoms with van der Waals surface area (Å²) in [4.78, 5) is 36.2. The molecule has 2 aromatic rings. The predicted molar refractivity (Wildman–Crippen MR) is 129 cm³/mol. The van der Waals surface area contributed by atoms with Crippen LogP contribution in [0.5, 0.6) is 0 Å². The van der Waals surface area contributed by atoms with Crippen molar-refractivity contribution in [2.24, 2.45) is 0 Å². The van der Waals surface area contributed by atoms with Crippen LogP contribution in [0.4, 0.5) is 10.5 Å². The van der Waals surface area contributed by atoms with Gasteiger partial charge in [0.05, 0.1) is 0 Å². The molecule has 1 fully saturated rings. The Morgan fingerprint density at radius 3 is 2.56 bits per heavy atom. The van der Waals surface area contributed by atoms with E-state index in [9.17, 15) is 9.59 Å². The molecule has 0 unspecified atom stereocenters. The highest BCUT2D eigenvalue weighted by Crippen LogP contribution is 2.19. The molecule has 3 N–H and O–H groups in total. The Bertz CT molecular complexity index is 890. The first kappa shape index (κ1) is 24.2. The van der Waals surface area contributed by atoms with Crippen molar-refractivity contribution in [3.8, 4) is 0 Å². The average molecular weight is 459 g/mol. The number of likely N-dealkylation sites (N-methyl/N-ethyl adjacent to an activating group) is 1. The van der Waals surface area contributed by atoms with Gasteiger partial charge in [0.25, 0.3) is 0 Å². The summed E-state index contributed by atoms with van der Waals surface area (Å²) in [5.41, 5.74) is 8.68. The fraction of sp³-hybridized carbons (Fsp3) is 0.522. The zero-order chi connectivity index (χ0) is 23.1. The molecule has 0 aromatic carbocycles. The Morgan fingerprint density at radius 1 is 1.22 bits per heavy atom. The van der Waals surface area contributed by atoms with Gasteiger partial charge in [-0.25, -0.2) is 4.79 Å². The molecule has 8 nitrogen and oxygen atoms in total. The van der Waals surface area contributed by atoms with Crippen molar-refractivity contribution in [1.82, 2.24) is 25.0 Å². The second-order valence-corrected chi connectivity index (χ2v) is 9.42. The van der Waals surface area contributed by atoms with E-state index in [1.165, 1.54) is 11.3 Å². The highest BCUT2D eigenvalue weighted by molar-refractivity contribution is 7.08. The quantitative estimate of drug-likeness (QED) is 0.560. The maximum absolute atomic E-state index is 12.8. The zero-order valence-corrected chi connectivity index (χ0v) is 20.0. The summed E-state index contributed by atoms with van der Waals surface area (Å²) in [5, 5.41) is 6.72. The van der Waals surface area contributed by atoms with Gasteiger partial charge in [-0.05, 0) is 43.5 Å². The minimum atomic E-state index is -0.0813. The molecular formula is C23H34N6O2S. The molecular weight excluding hydrogens is 424 g/mol. The van der Waals surface area contributed by atoms with Crippen LogP contribution in [0.15, 0.2) is 29.1 Å². The lowest BCUT2D eigenvalue weighted by Crippen LogP contribution is -2.49. The van der Waals surface area contributed by atoms with E-state index in [-0.39, 0.29) is 24.3 Å². The van der Waals surface area contributed by atoms with Gasteiger partial charge in [-0.2, -0.15) is 0 Å². The van der Waals surface area contributed by atoms with Crippen LogP contribution >= 0.6 is 11.3 Å². The number of Topliss-reactive ketones (excluding diaryl/α,β-unsaturated/α-hetero) is 1. The van der Waals surface area contributed by atoms with E-state index in [0.717, 1.165) is 43.9 Å². The van der Waals surface area contributed by atoms with Crippen LogP contribution in [0.2, 0.25) is 0 Å². The summed E-state index contributed by atoms with van der Waals surface area (Å²) in [6.45, 7) is 9.98. The Labute approximate surface area is 194 Å². The lowest BCUT2D eigenvalue weighted by atomic mass is 10.1. The lowest BCUT2D eigenvalue weighted by Gasteiger charge is -2.34. The van der Waals surface area contributed by atoms with Gasteiger partial charge in [0.1, 0.15) is 5.69 Å². The maximum atomic E-state index is 12.8. The van der Waals surface area contributed by atoms with Crippen molar-refractivity contribution < 1.29 is 9.59 Å². The molecule has 1 aliphatic heterocycles. The van der Waals surface area contributed by atoms with Crippen molar-refractivity contribution >= 4 is 28.8 Å². The van der Waals surface area contributed by atoms with Crippen LogP contribution in [0, 0.1) is 0 Å². The van der Waals surface area contributed by atoms with Crippen molar-refractivity contribution in [2.45, 2.75) is 32.9 Å². The van der Waals surface area contributed by atoms with Gasteiger partial charge in [-0.15, -0.1) is 11.3 Å². The number of aromatic nitrogens is 1. The summed E-state index contributed by atoms with van der Waals surface area (Å²) >= 11 is 1.49. The molecule has 0 spiro atoms. The predicted octanol–water partition coefficient (Wildman–Crippen LogP) is 2.32. The number of piperazine rings is 1. The van der Waals surface area contributed by atoms with Crippen molar-refractivity contribution in [2.75, 3.05) is 52.0 Å². The molecule has 1 saturated heterocycles. The van der Waals surface area contributed by atoms with E-state index in [4.69, 9.17) is 5.73 Å². The number of anilines is 1. The molecule has 3 heterocycles. The number of hydrogen-bond donors (Lipinski definition) is 2. The van der Waals surface area contributed by atoms with Crippen LogP contribution in [0.1, 0.15) is 35.5 Å². The number of nitrogen functional groups attached to an aromatic ring is 1. The van der Waals surface area contributed by atoms with Gasteiger partial charge in [0, 0.05) is 75.5 Å². The minimum absolute atomic E-state index is 0.0638. The van der Waals surface area contributed by atoms with Gasteiger partial charge < -0.3 is 20.9 Å². The van der Waals surface area contributed by atoms with Gasteiger partial charge in [0.15, 0.2) is 5.78 Å². The van der Waals surface area contributed by atoms with Gasteiger partial charge in [-0.1, -0.05) is 6.07 Å². The van der Waals surface area contributed by atoms with Crippen LogP contribution < -0.4 is 11.1 Å². The number of amides is 2. The van der Waals surface area contributed by atoms with Crippen molar-refractivity contribution in [3.63, 3.8) is 0 Å². The smallest absolute Gasteiger partial charge is 0.317 e. The van der Waals surface area contributed by atoms with E-state index in [0.29, 0.717) is 24.5 Å². The van der Waals surface area contributed by atoms with Crippen LogP contribution in [-0.2, 0) is 13.0 Å². The van der Waals surface area contributed by atoms with Crippen LogP contribution in [-0.4, -0.2) is 83.9 Å². The van der Waals surface area contributed by atoms with Gasteiger partial charge in [0.2, 0.25) is 0 Å². The monoisotopic (exact) mass is 458 g/mol. The zero-order valence-electron chi connectivity index (χ0n) is 19.2. The number of nitrogens with two attached hydrogens (primary N) is 1. The first-order valence-corrected chi connectivity index (χ1v) is 12.0. The average Bonchev–Trinajstić information content (AvgIpc) is 3.16. The fourth-order valence-electron chi connectivity index (χ4n) is 3.57. The number of ketones is 1. The maximum Gasteiger partial charge on any atom is 0.317 e. The molecule has 2 amide bonds. The normalized spacial score (nSPS) is 15.1. The topological polar surface area (TPSA) is 94.8 Å². The number of thiophene rings is 1. The van der Waals surface area contributed by atoms with E-state index < -0.39 is 0 Å². The molecule has 0 aliphatic carbocycles. The number of nitrogens with zero attached hydrogens (tertiary/aromatic N) is 4. The van der Waals surface area contributed by atoms with Crippen LogP contribution in [0.25, 0.3) is 0 Å². The summed E-state index contributed by atoms with van der Waals surface area (Å²) < 4.78 is 0. The van der Waals surface area contributed by atoms with E-state index in [1.54, 1.807) is 12.3 Å². The highest BCUT2D eigenvalue weighted by Gasteiger charge is 2.19. The fourth-order valence-corrected chi connectivity index (χ4v) is 4.32. The second kappa shape index (κ2) is 11.4. The molecule has 9 heteroatoms. The van der Waals surface area contributed by atoms with E-state index in [1.807, 2.05) is 35.6 Å². The van der Waals surface area contributed by atoms with E-state index in [2.05, 4.69) is 27.1 Å². The number of rotatable bonds is 9. The number of hydrogen-bond acceptors (Lipinski definition) is 7. The summed E-state index contributed by atoms with van der Waals surface area (Å²) in [6, 6.07) is 3.60. The minimum Gasteiger partial charge on any atom is -0.398 e. The molecule has 1 aliphatic rings. The van der Waals surface area contributed by atoms with Crippen LogP contribution in [0.3, 0.4) is 0 Å². The molecule has 3 rings (SSSR count). The Kier molecular flexibility index (Phi) is 8.60. The van der Waals surface area contributed by atoms with Gasteiger partial charge >= 0.3 is 6.03 Å². The summed E-state index contributed by atoms with van der Waals surface area (Å²) in [5.74, 6) is -0.0638. The van der Waals surface area contributed by atoms with Gasteiger partial charge in [-0.3, -0.25) is 14.7 Å². The number of pyridine rings is 1. The molecule has 2 aromatic heterocycles. The highest BCUT2D eigenvalue weighted by atomic mass is 32.1. The van der Waals surface area contributed by atoms with E-state index >= 15 is 0 Å². The molecule has 0 atom stereocenters. The third-order valence-corrected chi connectivity index (χ3v) is 6.40. The molecule has 0 bridgehead atoms. The van der Waals surface area contributed by atoms with Crippen molar-refractivity contribution in [3.05, 3.63) is 45.9 Å². The molecule has 32 heavy (non-hydrogen) atoms. The number of nitrogens with one attached hydrogen (secondary N) is 1. The molecule has 174 valence electrons. The Hall–Kier alpha value is -2.49. The molecule has 0 saturated carbocycles. The Morgan fingerprint density at radius 2 is 1.97 bits per heavy atom. The third kappa shape index (κ3) is 7.01. The first-order valence-electron chi connectivity index (χ1n) is 11.1. The largest absolute Gasteiger partial charge is 0.398 e. The standard InChI is InChI=1S/C23H34N6O2S/c1-17(2)26-23(31)29(11-10-28-8-6-27(3)7-9-28)14-18-4-5-21(25-13-18)22(30)12-19-15-32-16-20(19)24/h4-5,13,15-17H,6-12,14,24H2,1-3H3,(H,26,31).